The summed E-state index contributed by atoms with van der Waals surface area (Å²) in [6.07, 6.45) is 2.67. The van der Waals surface area contributed by atoms with Crippen LogP contribution in [0.2, 0.25) is 0 Å². The highest BCUT2D eigenvalue weighted by Gasteiger charge is 2.23. The number of hydrogen-bond acceptors (Lipinski definition) is 4. The highest BCUT2D eigenvalue weighted by atomic mass is 16.5. The molecule has 0 amide bonds. The number of ether oxygens (including phenoxy) is 1. The van der Waals surface area contributed by atoms with E-state index in [-0.39, 0.29) is 0 Å². The van der Waals surface area contributed by atoms with Gasteiger partial charge in [-0.2, -0.15) is 0 Å². The predicted octanol–water partition coefficient (Wildman–Crippen LogP) is 2.31. The molecule has 0 bridgehead atoms. The van der Waals surface area contributed by atoms with Gasteiger partial charge in [-0.3, -0.25) is 4.90 Å². The second-order valence-electron chi connectivity index (χ2n) is 5.38. The Labute approximate surface area is 116 Å². The summed E-state index contributed by atoms with van der Waals surface area (Å²) in [6.45, 7) is 9.18. The fraction of sp³-hybridized carbons (Fsp3) is 0.733. The minimum absolute atomic E-state index is 0.391. The number of rotatable bonds is 7. The van der Waals surface area contributed by atoms with Crippen LogP contribution in [0.5, 0.6) is 0 Å². The summed E-state index contributed by atoms with van der Waals surface area (Å²) >= 11 is 0. The van der Waals surface area contributed by atoms with Gasteiger partial charge < -0.3 is 14.5 Å². The Morgan fingerprint density at radius 1 is 1.53 bits per heavy atom. The summed E-state index contributed by atoms with van der Waals surface area (Å²) in [5.74, 6) is 2.15. The van der Waals surface area contributed by atoms with Crippen LogP contribution in [0.3, 0.4) is 0 Å². The Morgan fingerprint density at radius 2 is 2.37 bits per heavy atom. The Hall–Kier alpha value is -0.840. The van der Waals surface area contributed by atoms with Crippen LogP contribution in [-0.4, -0.2) is 37.7 Å². The monoisotopic (exact) mass is 266 g/mol. The Balaban J connectivity index is 1.85. The van der Waals surface area contributed by atoms with E-state index in [9.17, 15) is 0 Å². The fourth-order valence-corrected chi connectivity index (χ4v) is 2.58. The third kappa shape index (κ3) is 4.06. The molecular weight excluding hydrogens is 240 g/mol. The Kier molecular flexibility index (Phi) is 5.43. The number of nitrogens with one attached hydrogen (secondary N) is 1. The van der Waals surface area contributed by atoms with Gasteiger partial charge in [-0.1, -0.05) is 6.92 Å². The van der Waals surface area contributed by atoms with Gasteiger partial charge in [-0.25, -0.2) is 0 Å². The molecular formula is C15H26N2O2. The highest BCUT2D eigenvalue weighted by Crippen LogP contribution is 2.19. The van der Waals surface area contributed by atoms with E-state index in [0.717, 1.165) is 57.1 Å². The van der Waals surface area contributed by atoms with Gasteiger partial charge >= 0.3 is 0 Å². The van der Waals surface area contributed by atoms with Crippen molar-refractivity contribution in [1.82, 2.24) is 10.2 Å². The predicted molar refractivity (Wildman–Crippen MR) is 76.1 cm³/mol. The van der Waals surface area contributed by atoms with Crippen molar-refractivity contribution in [2.75, 3.05) is 26.7 Å². The van der Waals surface area contributed by atoms with E-state index in [0.29, 0.717) is 6.10 Å². The molecule has 1 fully saturated rings. The Bertz CT molecular complexity index is 389. The smallest absolute Gasteiger partial charge is 0.120 e. The largest absolute Gasteiger partial charge is 0.463 e. The molecule has 1 N–H and O–H groups in total. The van der Waals surface area contributed by atoms with Crippen molar-refractivity contribution in [3.63, 3.8) is 0 Å². The van der Waals surface area contributed by atoms with Crippen LogP contribution < -0.4 is 5.32 Å². The minimum Gasteiger partial charge on any atom is -0.463 e. The van der Waals surface area contributed by atoms with E-state index in [1.165, 1.54) is 5.56 Å². The lowest BCUT2D eigenvalue weighted by atomic mass is 10.2. The van der Waals surface area contributed by atoms with Crippen molar-refractivity contribution in [1.29, 1.82) is 0 Å². The van der Waals surface area contributed by atoms with E-state index >= 15 is 0 Å². The number of methoxy groups -OCH3 is 1. The lowest BCUT2D eigenvalue weighted by Crippen LogP contribution is -2.22. The number of likely N-dealkylation sites (tertiary alicyclic amines) is 1. The molecule has 108 valence electrons. The molecule has 1 saturated heterocycles. The summed E-state index contributed by atoms with van der Waals surface area (Å²) in [4.78, 5) is 2.40. The zero-order valence-electron chi connectivity index (χ0n) is 12.4. The lowest BCUT2D eigenvalue weighted by molar-refractivity contribution is 0.106. The van der Waals surface area contributed by atoms with Crippen molar-refractivity contribution in [2.24, 2.45) is 0 Å². The molecule has 0 spiro atoms. The van der Waals surface area contributed by atoms with Crippen molar-refractivity contribution in [2.45, 2.75) is 45.9 Å². The van der Waals surface area contributed by atoms with Crippen LogP contribution in [0.4, 0.5) is 0 Å². The van der Waals surface area contributed by atoms with E-state index in [2.05, 4.69) is 30.1 Å². The molecule has 0 aliphatic carbocycles. The maximum Gasteiger partial charge on any atom is 0.120 e. The molecule has 1 unspecified atom stereocenters. The molecule has 0 aromatic carbocycles. The van der Waals surface area contributed by atoms with Crippen LogP contribution in [0.15, 0.2) is 10.5 Å². The quantitative estimate of drug-likeness (QED) is 0.769. The fourth-order valence-electron chi connectivity index (χ4n) is 2.58. The zero-order chi connectivity index (χ0) is 13.7. The average Bonchev–Trinajstić information content (AvgIpc) is 2.98. The molecule has 0 saturated carbocycles. The highest BCUT2D eigenvalue weighted by molar-refractivity contribution is 5.20. The van der Waals surface area contributed by atoms with Gasteiger partial charge in [0.25, 0.3) is 0 Å². The second kappa shape index (κ2) is 7.08. The standard InChI is InChI=1S/C15H26N2O2/c1-4-6-16-9-15-12(2)8-14(19-15)11-17-7-5-13(10-17)18-3/h8,13,16H,4-7,9-11H2,1-3H3. The topological polar surface area (TPSA) is 37.6 Å². The van der Waals surface area contributed by atoms with Gasteiger partial charge in [0, 0.05) is 20.2 Å². The Morgan fingerprint density at radius 3 is 3.05 bits per heavy atom. The zero-order valence-corrected chi connectivity index (χ0v) is 12.4. The SMILES string of the molecule is CCCNCc1oc(CN2CCC(OC)C2)cc1C. The van der Waals surface area contributed by atoms with E-state index in [1.54, 1.807) is 7.11 Å². The number of furan rings is 1. The molecule has 0 radical (unpaired) electrons. The normalized spacial score (nSPS) is 20.3. The molecule has 2 rings (SSSR count). The second-order valence-corrected chi connectivity index (χ2v) is 5.38. The minimum atomic E-state index is 0.391. The maximum atomic E-state index is 5.95. The van der Waals surface area contributed by atoms with Gasteiger partial charge in [0.15, 0.2) is 0 Å². The third-order valence-corrected chi connectivity index (χ3v) is 3.73. The molecule has 4 heteroatoms. The first-order valence-corrected chi connectivity index (χ1v) is 7.27. The maximum absolute atomic E-state index is 5.95. The first kappa shape index (κ1) is 14.6. The van der Waals surface area contributed by atoms with Gasteiger partial charge in [0.2, 0.25) is 0 Å². The van der Waals surface area contributed by atoms with E-state index in [4.69, 9.17) is 9.15 Å². The molecule has 4 nitrogen and oxygen atoms in total. The first-order valence-electron chi connectivity index (χ1n) is 7.27. The van der Waals surface area contributed by atoms with Crippen LogP contribution in [0, 0.1) is 6.92 Å². The first-order chi connectivity index (χ1) is 9.22. The number of nitrogens with zero attached hydrogens (tertiary/aromatic N) is 1. The van der Waals surface area contributed by atoms with Crippen LogP contribution in [0.1, 0.15) is 36.8 Å². The van der Waals surface area contributed by atoms with E-state index < -0.39 is 0 Å². The summed E-state index contributed by atoms with van der Waals surface area (Å²) in [5.41, 5.74) is 1.25. The van der Waals surface area contributed by atoms with Crippen LogP contribution in [0.25, 0.3) is 0 Å². The van der Waals surface area contributed by atoms with Crippen LogP contribution in [-0.2, 0) is 17.8 Å². The molecule has 19 heavy (non-hydrogen) atoms. The molecule has 1 aliphatic rings. The molecule has 1 aromatic rings. The van der Waals surface area contributed by atoms with Gasteiger partial charge in [-0.05, 0) is 37.9 Å². The lowest BCUT2D eigenvalue weighted by Gasteiger charge is -2.13. The van der Waals surface area contributed by atoms with Crippen molar-refractivity contribution >= 4 is 0 Å². The van der Waals surface area contributed by atoms with Crippen LogP contribution >= 0.6 is 0 Å². The van der Waals surface area contributed by atoms with Gasteiger partial charge in [0.1, 0.15) is 11.5 Å². The van der Waals surface area contributed by atoms with Crippen molar-refractivity contribution < 1.29 is 9.15 Å². The molecule has 1 aromatic heterocycles. The summed E-state index contributed by atoms with van der Waals surface area (Å²) in [5, 5.41) is 3.39. The van der Waals surface area contributed by atoms with E-state index in [1.807, 2.05) is 0 Å². The average molecular weight is 266 g/mol. The summed E-state index contributed by atoms with van der Waals surface area (Å²) < 4.78 is 11.3. The molecule has 1 atom stereocenters. The summed E-state index contributed by atoms with van der Waals surface area (Å²) in [7, 11) is 1.79. The van der Waals surface area contributed by atoms with Crippen molar-refractivity contribution in [3.8, 4) is 0 Å². The molecule has 1 aliphatic heterocycles. The number of hydrogen-bond donors (Lipinski definition) is 1. The summed E-state index contributed by atoms with van der Waals surface area (Å²) in [6, 6.07) is 2.17. The molecule has 2 heterocycles. The third-order valence-electron chi connectivity index (χ3n) is 3.73. The number of aryl methyl sites for hydroxylation is 1. The van der Waals surface area contributed by atoms with Gasteiger partial charge in [0.05, 0.1) is 19.2 Å². The van der Waals surface area contributed by atoms with Gasteiger partial charge in [-0.15, -0.1) is 0 Å². The van der Waals surface area contributed by atoms with Crippen molar-refractivity contribution in [3.05, 3.63) is 23.2 Å².